The number of hydrogen-bond acceptors (Lipinski definition) is 3. The number of hydrogen-bond donors (Lipinski definition) is 1. The second kappa shape index (κ2) is 4.19. The maximum atomic E-state index is 13.7. The summed E-state index contributed by atoms with van der Waals surface area (Å²) in [7, 11) is 0. The first kappa shape index (κ1) is 13.8. The molecule has 0 spiro atoms. The summed E-state index contributed by atoms with van der Waals surface area (Å²) in [6.07, 6.45) is -5.02. The molecular formula is C12H11F4NO2. The lowest BCUT2D eigenvalue weighted by Gasteiger charge is -2.27. The number of halogens is 4. The summed E-state index contributed by atoms with van der Waals surface area (Å²) in [6, 6.07) is 4.03. The Labute approximate surface area is 106 Å². The number of rotatable bonds is 1. The van der Waals surface area contributed by atoms with Gasteiger partial charge in [0.05, 0.1) is 11.6 Å². The van der Waals surface area contributed by atoms with Crippen LogP contribution in [0, 0.1) is 18.7 Å². The van der Waals surface area contributed by atoms with Gasteiger partial charge in [0.2, 0.25) is 0 Å². The molecule has 1 aromatic carbocycles. The Morgan fingerprint density at radius 3 is 2.47 bits per heavy atom. The quantitative estimate of drug-likeness (QED) is 0.802. The molecule has 1 heterocycles. The Morgan fingerprint density at radius 1 is 1.37 bits per heavy atom. The number of oxime groups is 1. The van der Waals surface area contributed by atoms with Crippen LogP contribution in [-0.2, 0) is 4.84 Å². The normalized spacial score (nSPS) is 27.1. The van der Waals surface area contributed by atoms with Crippen molar-refractivity contribution in [1.82, 2.24) is 0 Å². The fourth-order valence-electron chi connectivity index (χ4n) is 1.87. The molecule has 0 amide bonds. The molecule has 2 rings (SSSR count). The van der Waals surface area contributed by atoms with Crippen molar-refractivity contribution in [1.29, 1.82) is 0 Å². The van der Waals surface area contributed by atoms with Gasteiger partial charge in [0, 0.05) is 5.56 Å². The minimum atomic E-state index is -5.02. The van der Waals surface area contributed by atoms with Crippen LogP contribution in [0.25, 0.3) is 0 Å². The van der Waals surface area contributed by atoms with E-state index in [-0.39, 0.29) is 11.3 Å². The standard InChI is InChI=1S/C12H11F4NO2/c1-6-3-4-8(9(13)5-6)10-7(2)11(18,19-17-10)12(14,15)16/h3-5,7,18H,1-2H3. The Bertz CT molecular complexity index is 541. The maximum absolute atomic E-state index is 13.7. The highest BCUT2D eigenvalue weighted by molar-refractivity contribution is 6.03. The minimum absolute atomic E-state index is 0.113. The molecular weight excluding hydrogens is 266 g/mol. The van der Waals surface area contributed by atoms with Crippen LogP contribution in [0.3, 0.4) is 0 Å². The predicted molar refractivity (Wildman–Crippen MR) is 58.9 cm³/mol. The third kappa shape index (κ3) is 2.07. The molecule has 0 aromatic heterocycles. The lowest BCUT2D eigenvalue weighted by molar-refractivity contribution is -0.368. The van der Waals surface area contributed by atoms with Crippen molar-refractivity contribution in [2.75, 3.05) is 0 Å². The van der Waals surface area contributed by atoms with E-state index >= 15 is 0 Å². The Balaban J connectivity index is 2.39. The van der Waals surface area contributed by atoms with E-state index < -0.39 is 23.7 Å². The van der Waals surface area contributed by atoms with Crippen LogP contribution in [0.1, 0.15) is 18.1 Å². The Hall–Kier alpha value is -1.63. The van der Waals surface area contributed by atoms with Gasteiger partial charge in [0.1, 0.15) is 5.82 Å². The van der Waals surface area contributed by atoms with Crippen LogP contribution in [-0.4, -0.2) is 22.8 Å². The van der Waals surface area contributed by atoms with Gasteiger partial charge in [-0.15, -0.1) is 0 Å². The molecule has 1 aliphatic rings. The molecule has 19 heavy (non-hydrogen) atoms. The summed E-state index contributed by atoms with van der Waals surface area (Å²) in [6.45, 7) is 2.73. The second-order valence-corrected chi connectivity index (χ2v) is 4.47. The molecule has 1 aromatic rings. The van der Waals surface area contributed by atoms with Gasteiger partial charge in [0.15, 0.2) is 0 Å². The van der Waals surface area contributed by atoms with Crippen molar-refractivity contribution >= 4 is 5.71 Å². The van der Waals surface area contributed by atoms with Gasteiger partial charge in [0.25, 0.3) is 0 Å². The van der Waals surface area contributed by atoms with Crippen molar-refractivity contribution < 1.29 is 27.5 Å². The fraction of sp³-hybridized carbons (Fsp3) is 0.417. The highest BCUT2D eigenvalue weighted by Crippen LogP contribution is 2.42. The van der Waals surface area contributed by atoms with Crippen molar-refractivity contribution in [3.63, 3.8) is 0 Å². The molecule has 1 aliphatic heterocycles. The summed E-state index contributed by atoms with van der Waals surface area (Å²) in [5.74, 6) is -5.65. The molecule has 0 saturated heterocycles. The molecule has 104 valence electrons. The van der Waals surface area contributed by atoms with Crippen LogP contribution in [0.2, 0.25) is 0 Å². The molecule has 7 heteroatoms. The van der Waals surface area contributed by atoms with Crippen LogP contribution in [0.4, 0.5) is 17.6 Å². The molecule has 0 bridgehead atoms. The molecule has 0 radical (unpaired) electrons. The zero-order chi connectivity index (χ0) is 14.4. The summed E-state index contributed by atoms with van der Waals surface area (Å²) in [4.78, 5) is 4.12. The van der Waals surface area contributed by atoms with Gasteiger partial charge in [-0.05, 0) is 31.5 Å². The first-order chi connectivity index (χ1) is 8.67. The fourth-order valence-corrected chi connectivity index (χ4v) is 1.87. The first-order valence-corrected chi connectivity index (χ1v) is 5.48. The van der Waals surface area contributed by atoms with E-state index in [1.54, 1.807) is 13.0 Å². The zero-order valence-corrected chi connectivity index (χ0v) is 10.1. The predicted octanol–water partition coefficient (Wildman–Crippen LogP) is 2.76. The monoisotopic (exact) mass is 277 g/mol. The minimum Gasteiger partial charge on any atom is -0.349 e. The van der Waals surface area contributed by atoms with E-state index in [4.69, 9.17) is 0 Å². The highest BCUT2D eigenvalue weighted by atomic mass is 19.4. The van der Waals surface area contributed by atoms with Gasteiger partial charge < -0.3 is 9.94 Å². The van der Waals surface area contributed by atoms with E-state index in [0.29, 0.717) is 5.56 Å². The summed E-state index contributed by atoms with van der Waals surface area (Å²) < 4.78 is 51.8. The molecule has 2 unspecified atom stereocenters. The van der Waals surface area contributed by atoms with E-state index in [2.05, 4.69) is 9.99 Å². The maximum Gasteiger partial charge on any atom is 0.458 e. The molecule has 1 N–H and O–H groups in total. The average Bonchev–Trinajstić information content (AvgIpc) is 2.57. The molecule has 0 saturated carbocycles. The van der Waals surface area contributed by atoms with Gasteiger partial charge in [-0.3, -0.25) is 0 Å². The summed E-state index contributed by atoms with van der Waals surface area (Å²) in [5.41, 5.74) is 0.245. The third-order valence-electron chi connectivity index (χ3n) is 3.09. The summed E-state index contributed by atoms with van der Waals surface area (Å²) >= 11 is 0. The van der Waals surface area contributed by atoms with E-state index in [0.717, 1.165) is 6.92 Å². The smallest absolute Gasteiger partial charge is 0.349 e. The van der Waals surface area contributed by atoms with Gasteiger partial charge in [-0.25, -0.2) is 4.39 Å². The lowest BCUT2D eigenvalue weighted by atomic mass is 9.90. The topological polar surface area (TPSA) is 41.8 Å². The molecule has 3 nitrogen and oxygen atoms in total. The van der Waals surface area contributed by atoms with Crippen molar-refractivity contribution in [3.8, 4) is 0 Å². The molecule has 0 fully saturated rings. The number of aliphatic hydroxyl groups is 1. The molecule has 0 aliphatic carbocycles. The lowest BCUT2D eigenvalue weighted by Crippen LogP contribution is -2.50. The van der Waals surface area contributed by atoms with Crippen LogP contribution in [0.5, 0.6) is 0 Å². The number of alkyl halides is 3. The van der Waals surface area contributed by atoms with E-state index in [1.807, 2.05) is 0 Å². The van der Waals surface area contributed by atoms with Crippen molar-refractivity contribution in [2.24, 2.45) is 11.1 Å². The first-order valence-electron chi connectivity index (χ1n) is 5.48. The number of aryl methyl sites for hydroxylation is 1. The zero-order valence-electron chi connectivity index (χ0n) is 10.1. The number of benzene rings is 1. The van der Waals surface area contributed by atoms with E-state index in [1.165, 1.54) is 12.1 Å². The van der Waals surface area contributed by atoms with Crippen LogP contribution in [0.15, 0.2) is 23.4 Å². The summed E-state index contributed by atoms with van der Waals surface area (Å²) in [5, 5.41) is 12.7. The van der Waals surface area contributed by atoms with Crippen molar-refractivity contribution in [2.45, 2.75) is 25.8 Å². The van der Waals surface area contributed by atoms with Gasteiger partial charge in [-0.1, -0.05) is 11.2 Å². The molecule has 2 atom stereocenters. The number of nitrogens with zero attached hydrogens (tertiary/aromatic N) is 1. The van der Waals surface area contributed by atoms with Crippen LogP contribution < -0.4 is 0 Å². The second-order valence-electron chi connectivity index (χ2n) is 4.47. The van der Waals surface area contributed by atoms with E-state index in [9.17, 15) is 22.7 Å². The van der Waals surface area contributed by atoms with Gasteiger partial charge in [-0.2, -0.15) is 13.2 Å². The third-order valence-corrected chi connectivity index (χ3v) is 3.09. The van der Waals surface area contributed by atoms with Crippen molar-refractivity contribution in [3.05, 3.63) is 35.1 Å². The van der Waals surface area contributed by atoms with Gasteiger partial charge >= 0.3 is 12.0 Å². The highest BCUT2D eigenvalue weighted by Gasteiger charge is 2.65. The average molecular weight is 277 g/mol. The SMILES string of the molecule is Cc1ccc(C2=NOC(O)(C(F)(F)F)C2C)c(F)c1. The van der Waals surface area contributed by atoms with Crippen LogP contribution >= 0.6 is 0 Å². The Kier molecular flexibility index (Phi) is 3.04. The Morgan fingerprint density at radius 2 is 2.00 bits per heavy atom. The largest absolute Gasteiger partial charge is 0.458 e.